The van der Waals surface area contributed by atoms with Crippen molar-refractivity contribution in [2.45, 2.75) is 302 Å². The van der Waals surface area contributed by atoms with Crippen LogP contribution in [0.1, 0.15) is 296 Å². The summed E-state index contributed by atoms with van der Waals surface area (Å²) in [7, 11) is 1.16. The molecular weight excluding hydrogens is 1090 g/mol. The lowest BCUT2D eigenvalue weighted by atomic mass is 10.0. The van der Waals surface area contributed by atoms with Crippen molar-refractivity contribution < 1.29 is 42.1 Å². The Kier molecular flexibility index (Phi) is 63.1. The molecule has 0 saturated heterocycles. The van der Waals surface area contributed by atoms with Crippen LogP contribution in [0, 0.1) is 0 Å². The van der Waals surface area contributed by atoms with E-state index in [-0.39, 0.29) is 32.0 Å². The summed E-state index contributed by atoms with van der Waals surface area (Å²) in [5, 5.41) is 0. The molecule has 0 saturated carbocycles. The van der Waals surface area contributed by atoms with Crippen LogP contribution in [0.25, 0.3) is 0 Å². The fraction of sp³-hybridized carbons (Fsp3) is 0.711. The first-order valence-corrected chi connectivity index (χ1v) is 36.7. The van der Waals surface area contributed by atoms with Crippen LogP contribution in [0.5, 0.6) is 0 Å². The Morgan fingerprint density at radius 2 is 0.628 bits per heavy atom. The summed E-state index contributed by atoms with van der Waals surface area (Å²) in [6.07, 6.45) is 94.2. The van der Waals surface area contributed by atoms with Crippen LogP contribution in [-0.2, 0) is 32.7 Å². The molecule has 0 aromatic rings. The van der Waals surface area contributed by atoms with E-state index in [9.17, 15) is 19.0 Å². The minimum Gasteiger partial charge on any atom is -0.756 e. The van der Waals surface area contributed by atoms with E-state index in [0.29, 0.717) is 17.4 Å². The molecule has 0 aromatic heterocycles. The van der Waals surface area contributed by atoms with Crippen molar-refractivity contribution in [3.63, 3.8) is 0 Å². The van der Waals surface area contributed by atoms with Gasteiger partial charge >= 0.3 is 11.9 Å². The van der Waals surface area contributed by atoms with E-state index in [1.807, 2.05) is 21.1 Å². The minimum atomic E-state index is -4.65. The number of carbonyl (C=O) groups excluding carboxylic acids is 2. The number of rotatable bonds is 64. The Balaban J connectivity index is 4.05. The number of hydrogen-bond acceptors (Lipinski definition) is 8. The quantitative estimate of drug-likeness (QED) is 0.0195. The number of hydrogen-bond donors (Lipinski definition) is 0. The lowest BCUT2D eigenvalue weighted by molar-refractivity contribution is -0.870. The van der Waals surface area contributed by atoms with Gasteiger partial charge in [-0.2, -0.15) is 0 Å². The molecule has 0 aliphatic heterocycles. The molecule has 0 radical (unpaired) electrons. The summed E-state index contributed by atoms with van der Waals surface area (Å²) in [5.41, 5.74) is 0. The highest BCUT2D eigenvalue weighted by Gasteiger charge is 2.22. The van der Waals surface area contributed by atoms with Crippen molar-refractivity contribution in [3.05, 3.63) is 122 Å². The van der Waals surface area contributed by atoms with Gasteiger partial charge in [0.05, 0.1) is 27.7 Å². The zero-order valence-corrected chi connectivity index (χ0v) is 57.1. The average Bonchev–Trinajstić information content (AvgIpc) is 3.70. The van der Waals surface area contributed by atoms with Gasteiger partial charge in [-0.1, -0.05) is 302 Å². The molecule has 2 unspecified atom stereocenters. The first-order chi connectivity index (χ1) is 42.0. The molecule has 0 aliphatic rings. The van der Waals surface area contributed by atoms with Crippen LogP contribution in [0.4, 0.5) is 0 Å². The molecule has 10 heteroatoms. The molecule has 0 bridgehead atoms. The monoisotopic (exact) mass is 1220 g/mol. The summed E-state index contributed by atoms with van der Waals surface area (Å²) >= 11 is 0. The first-order valence-electron chi connectivity index (χ1n) is 35.2. The van der Waals surface area contributed by atoms with Crippen LogP contribution in [0.15, 0.2) is 122 Å². The van der Waals surface area contributed by atoms with Gasteiger partial charge in [0, 0.05) is 12.8 Å². The number of quaternary nitrogens is 1. The van der Waals surface area contributed by atoms with E-state index < -0.39 is 26.5 Å². The molecule has 0 spiro atoms. The summed E-state index contributed by atoms with van der Waals surface area (Å²) in [4.78, 5) is 38.1. The molecule has 0 aliphatic carbocycles. The number of ether oxygens (including phenoxy) is 2. The van der Waals surface area contributed by atoms with Crippen LogP contribution in [0.2, 0.25) is 0 Å². The van der Waals surface area contributed by atoms with Crippen LogP contribution in [-0.4, -0.2) is 70.0 Å². The summed E-state index contributed by atoms with van der Waals surface area (Å²) < 4.78 is 34.3. The summed E-state index contributed by atoms with van der Waals surface area (Å²) in [5.74, 6) is -0.829. The third-order valence-corrected chi connectivity index (χ3v) is 15.9. The normalized spacial score (nSPS) is 13.9. The number of phosphoric ester groups is 1. The maximum Gasteiger partial charge on any atom is 0.306 e. The zero-order valence-electron chi connectivity index (χ0n) is 56.2. The lowest BCUT2D eigenvalue weighted by Crippen LogP contribution is -2.37. The minimum absolute atomic E-state index is 0.0344. The molecule has 2 atom stereocenters. The SMILES string of the molecule is CC/C=C\C/C=C\C/C=C\C/C=C\C/C=C\C/C=C\CCCCCCCCCCCCCCCCC(=O)OC(COC(=O)CCCCCCCCCCCCCCCCCC/C=C\C/C=C\C/C=C\C/C=C\CC)COP(=O)([O-])OCC[N+](C)(C)C. The smallest absolute Gasteiger partial charge is 0.306 e. The van der Waals surface area contributed by atoms with E-state index in [2.05, 4.69) is 135 Å². The fourth-order valence-corrected chi connectivity index (χ4v) is 10.4. The average molecular weight is 1220 g/mol. The molecule has 0 heterocycles. The van der Waals surface area contributed by atoms with Gasteiger partial charge < -0.3 is 27.9 Å². The number of allylic oxidation sites excluding steroid dienone is 20. The highest BCUT2D eigenvalue weighted by molar-refractivity contribution is 7.45. The Labute approximate surface area is 530 Å². The molecule has 0 N–H and O–H groups in total. The fourth-order valence-electron chi connectivity index (χ4n) is 9.65. The number of nitrogens with zero attached hydrogens (tertiary/aromatic N) is 1. The van der Waals surface area contributed by atoms with E-state index in [0.717, 1.165) is 103 Å². The van der Waals surface area contributed by atoms with Crippen molar-refractivity contribution in [2.24, 2.45) is 0 Å². The van der Waals surface area contributed by atoms with Gasteiger partial charge in [-0.05, 0) is 103 Å². The molecule has 0 aromatic carbocycles. The maximum atomic E-state index is 12.9. The van der Waals surface area contributed by atoms with Gasteiger partial charge in [0.25, 0.3) is 7.82 Å². The first kappa shape index (κ1) is 82.4. The highest BCUT2D eigenvalue weighted by Crippen LogP contribution is 2.38. The Morgan fingerprint density at radius 3 is 0.930 bits per heavy atom. The highest BCUT2D eigenvalue weighted by atomic mass is 31.2. The molecular formula is C76H132NO8P. The molecule has 9 nitrogen and oxygen atoms in total. The second-order valence-electron chi connectivity index (χ2n) is 24.5. The van der Waals surface area contributed by atoms with Gasteiger partial charge in [-0.25, -0.2) is 0 Å². The number of unbranched alkanes of at least 4 members (excludes halogenated alkanes) is 30. The van der Waals surface area contributed by atoms with E-state index >= 15 is 0 Å². The second-order valence-corrected chi connectivity index (χ2v) is 25.9. The van der Waals surface area contributed by atoms with Crippen LogP contribution in [0.3, 0.4) is 0 Å². The molecule has 0 amide bonds. The van der Waals surface area contributed by atoms with Gasteiger partial charge in [0.1, 0.15) is 19.8 Å². The van der Waals surface area contributed by atoms with Crippen LogP contribution >= 0.6 is 7.82 Å². The second kappa shape index (κ2) is 65.8. The number of phosphoric acid groups is 1. The van der Waals surface area contributed by atoms with Crippen molar-refractivity contribution in [1.82, 2.24) is 0 Å². The van der Waals surface area contributed by atoms with E-state index in [4.69, 9.17) is 18.5 Å². The van der Waals surface area contributed by atoms with Gasteiger partial charge in [0.2, 0.25) is 0 Å². The molecule has 0 fully saturated rings. The Bertz CT molecular complexity index is 1870. The summed E-state index contributed by atoms with van der Waals surface area (Å²) in [6.45, 7) is 4.04. The third-order valence-electron chi connectivity index (χ3n) is 15.0. The van der Waals surface area contributed by atoms with Crippen molar-refractivity contribution >= 4 is 19.8 Å². The van der Waals surface area contributed by atoms with Gasteiger partial charge in [-0.15, -0.1) is 0 Å². The number of likely N-dealkylation sites (N-methyl/N-ethyl adjacent to an activating group) is 1. The van der Waals surface area contributed by atoms with E-state index in [1.54, 1.807) is 0 Å². The van der Waals surface area contributed by atoms with Crippen molar-refractivity contribution in [1.29, 1.82) is 0 Å². The predicted octanol–water partition coefficient (Wildman–Crippen LogP) is 22.4. The Morgan fingerprint density at radius 1 is 0.360 bits per heavy atom. The molecule has 0 rings (SSSR count). The zero-order chi connectivity index (χ0) is 62.6. The van der Waals surface area contributed by atoms with Crippen molar-refractivity contribution in [2.75, 3.05) is 47.5 Å². The topological polar surface area (TPSA) is 111 Å². The van der Waals surface area contributed by atoms with Crippen LogP contribution < -0.4 is 4.89 Å². The molecule has 494 valence electrons. The van der Waals surface area contributed by atoms with Crippen molar-refractivity contribution in [3.8, 4) is 0 Å². The standard InChI is InChI=1S/C76H132NO8P/c1-6-8-10-12-14-16-18-20-22-24-26-28-30-32-34-36-37-38-39-41-43-45-47-49-51-53-55-57-59-61-63-65-67-69-76(79)85-74(73-84-86(80,81)83-71-70-77(3,4)5)72-82-75(78)68-66-64-62-60-58-56-54-52-50-48-46-44-42-40-35-33-31-29-27-25-23-21-19-17-15-13-11-9-7-2/h8-11,14-17,20-23,26-29,32,34,37-38,74H,6-7,12-13,18-19,24-25,30-31,33,35-36,39-73H2,1-5H3/b10-8-,11-9-,16-14-,17-15-,22-20-,23-21-,28-26-,29-27-,34-32-,38-37-. The predicted molar refractivity (Wildman–Crippen MR) is 369 cm³/mol. The lowest BCUT2D eigenvalue weighted by Gasteiger charge is -2.28. The summed E-state index contributed by atoms with van der Waals surface area (Å²) in [6, 6.07) is 0. The van der Waals surface area contributed by atoms with E-state index in [1.165, 1.54) is 161 Å². The van der Waals surface area contributed by atoms with Gasteiger partial charge in [-0.3, -0.25) is 14.2 Å². The maximum absolute atomic E-state index is 12.9. The third kappa shape index (κ3) is 69.5. The number of carbonyl (C=O) groups is 2. The Hall–Kier alpha value is -3.59. The number of esters is 2. The molecule has 86 heavy (non-hydrogen) atoms. The largest absolute Gasteiger partial charge is 0.756 e. The van der Waals surface area contributed by atoms with Gasteiger partial charge in [0.15, 0.2) is 6.10 Å².